The van der Waals surface area contributed by atoms with Crippen molar-refractivity contribution in [1.29, 1.82) is 0 Å². The number of hydrogen-bond donors (Lipinski definition) is 1. The second-order valence-electron chi connectivity index (χ2n) is 7.34. The van der Waals surface area contributed by atoms with Crippen LogP contribution in [0, 0.1) is 5.82 Å². The van der Waals surface area contributed by atoms with Crippen molar-refractivity contribution in [2.45, 2.75) is 5.16 Å². The fourth-order valence-corrected chi connectivity index (χ4v) is 4.27. The summed E-state index contributed by atoms with van der Waals surface area (Å²) in [6, 6.07) is 14.0. The first kappa shape index (κ1) is 23.1. The van der Waals surface area contributed by atoms with Gasteiger partial charge in [-0.15, -0.1) is 0 Å². The highest BCUT2D eigenvalue weighted by Gasteiger charge is 2.19. The summed E-state index contributed by atoms with van der Waals surface area (Å²) in [5, 5.41) is 3.18. The van der Waals surface area contributed by atoms with Crippen LogP contribution in [0.15, 0.2) is 59.9 Å². The largest absolute Gasteiger partial charge is 0.497 e. The second kappa shape index (κ2) is 10.7. The van der Waals surface area contributed by atoms with Gasteiger partial charge in [0.2, 0.25) is 5.91 Å². The average molecular weight is 488 g/mol. The first-order valence-corrected chi connectivity index (χ1v) is 11.7. The van der Waals surface area contributed by atoms with Crippen molar-refractivity contribution < 1.29 is 13.9 Å². The fourth-order valence-electron chi connectivity index (χ4n) is 3.47. The SMILES string of the molecule is COc1ccc(N2CCN(c3ccnc(SCC(=O)Nc4ccc(F)c(Cl)c4)n3)CC2)cc1. The van der Waals surface area contributed by atoms with Gasteiger partial charge in [0.25, 0.3) is 0 Å². The normalized spacial score (nSPS) is 13.7. The maximum absolute atomic E-state index is 13.3. The molecule has 33 heavy (non-hydrogen) atoms. The molecule has 0 spiro atoms. The van der Waals surface area contributed by atoms with Crippen molar-refractivity contribution in [3.8, 4) is 5.75 Å². The maximum atomic E-state index is 13.3. The number of amides is 1. The third-order valence-corrected chi connectivity index (χ3v) is 6.35. The van der Waals surface area contributed by atoms with E-state index in [9.17, 15) is 9.18 Å². The van der Waals surface area contributed by atoms with E-state index < -0.39 is 5.82 Å². The summed E-state index contributed by atoms with van der Waals surface area (Å²) < 4.78 is 18.5. The number of benzene rings is 2. The number of halogens is 2. The molecule has 0 saturated carbocycles. The van der Waals surface area contributed by atoms with Gasteiger partial charge in [-0.2, -0.15) is 0 Å². The van der Waals surface area contributed by atoms with Crippen LogP contribution in [0.2, 0.25) is 5.02 Å². The van der Waals surface area contributed by atoms with E-state index in [1.54, 1.807) is 13.3 Å². The number of nitrogens with one attached hydrogen (secondary N) is 1. The summed E-state index contributed by atoms with van der Waals surface area (Å²) >= 11 is 7.00. The Hall–Kier alpha value is -3.04. The van der Waals surface area contributed by atoms with E-state index in [4.69, 9.17) is 16.3 Å². The third-order valence-electron chi connectivity index (χ3n) is 5.20. The van der Waals surface area contributed by atoms with E-state index in [0.717, 1.165) is 37.7 Å². The van der Waals surface area contributed by atoms with Crippen LogP contribution in [0.5, 0.6) is 5.75 Å². The molecular weight excluding hydrogens is 465 g/mol. The zero-order valence-corrected chi connectivity index (χ0v) is 19.6. The lowest BCUT2D eigenvalue weighted by Gasteiger charge is -2.36. The van der Waals surface area contributed by atoms with Gasteiger partial charge in [0.15, 0.2) is 5.16 Å². The zero-order valence-electron chi connectivity index (χ0n) is 18.0. The van der Waals surface area contributed by atoms with E-state index in [1.165, 1.54) is 35.6 Å². The lowest BCUT2D eigenvalue weighted by Crippen LogP contribution is -2.46. The van der Waals surface area contributed by atoms with Gasteiger partial charge in [0.05, 0.1) is 17.9 Å². The van der Waals surface area contributed by atoms with Crippen LogP contribution in [0.3, 0.4) is 0 Å². The molecule has 1 N–H and O–H groups in total. The molecule has 1 aliphatic heterocycles. The molecule has 2 heterocycles. The van der Waals surface area contributed by atoms with Crippen LogP contribution >= 0.6 is 23.4 Å². The van der Waals surface area contributed by atoms with Gasteiger partial charge in [-0.1, -0.05) is 23.4 Å². The van der Waals surface area contributed by atoms with Gasteiger partial charge in [-0.05, 0) is 48.5 Å². The monoisotopic (exact) mass is 487 g/mol. The van der Waals surface area contributed by atoms with Gasteiger partial charge >= 0.3 is 0 Å². The predicted molar refractivity (Wildman–Crippen MR) is 130 cm³/mol. The summed E-state index contributed by atoms with van der Waals surface area (Å²) in [5.74, 6) is 1.04. The highest BCUT2D eigenvalue weighted by atomic mass is 35.5. The Kier molecular flexibility index (Phi) is 7.51. The Labute approximate surface area is 200 Å². The Balaban J connectivity index is 1.29. The lowest BCUT2D eigenvalue weighted by atomic mass is 10.2. The number of aromatic nitrogens is 2. The molecule has 0 radical (unpaired) electrons. The predicted octanol–water partition coefficient (Wildman–Crippen LogP) is 4.34. The van der Waals surface area contributed by atoms with Crippen LogP contribution in [0.1, 0.15) is 0 Å². The number of nitrogens with zero attached hydrogens (tertiary/aromatic N) is 4. The topological polar surface area (TPSA) is 70.6 Å². The summed E-state index contributed by atoms with van der Waals surface area (Å²) in [6.45, 7) is 3.42. The van der Waals surface area contributed by atoms with E-state index in [2.05, 4.69) is 37.2 Å². The highest BCUT2D eigenvalue weighted by molar-refractivity contribution is 7.99. The Morgan fingerprint density at radius 2 is 1.85 bits per heavy atom. The molecule has 0 aliphatic carbocycles. The smallest absolute Gasteiger partial charge is 0.234 e. The lowest BCUT2D eigenvalue weighted by molar-refractivity contribution is -0.113. The minimum Gasteiger partial charge on any atom is -0.497 e. The van der Waals surface area contributed by atoms with Gasteiger partial charge < -0.3 is 19.9 Å². The number of piperazine rings is 1. The standard InChI is InChI=1S/C23H23ClFN5O2S/c1-32-18-5-3-17(4-6-18)29-10-12-30(13-11-29)21-8-9-26-23(28-21)33-15-22(31)27-16-2-7-20(25)19(24)14-16/h2-9,14H,10-13,15H2,1H3,(H,27,31). The fraction of sp³-hybridized carbons (Fsp3) is 0.261. The van der Waals surface area contributed by atoms with E-state index >= 15 is 0 Å². The summed E-state index contributed by atoms with van der Waals surface area (Å²) in [6.07, 6.45) is 1.71. The molecule has 1 amide bonds. The van der Waals surface area contributed by atoms with E-state index in [1.807, 2.05) is 18.2 Å². The molecule has 10 heteroatoms. The number of carbonyl (C=O) groups is 1. The van der Waals surface area contributed by atoms with Crippen LogP contribution in [-0.2, 0) is 4.79 Å². The molecule has 172 valence electrons. The van der Waals surface area contributed by atoms with Crippen LogP contribution < -0.4 is 19.9 Å². The molecule has 7 nitrogen and oxygen atoms in total. The van der Waals surface area contributed by atoms with Gasteiger partial charge in [0.1, 0.15) is 17.4 Å². The van der Waals surface area contributed by atoms with Crippen molar-refractivity contribution in [2.75, 3.05) is 54.2 Å². The van der Waals surface area contributed by atoms with Gasteiger partial charge in [-0.25, -0.2) is 14.4 Å². The molecule has 0 unspecified atom stereocenters. The third kappa shape index (κ3) is 6.06. The molecule has 2 aromatic carbocycles. The average Bonchev–Trinajstić information content (AvgIpc) is 2.85. The number of carbonyl (C=O) groups excluding carboxylic acids is 1. The minimum atomic E-state index is -0.529. The first-order valence-electron chi connectivity index (χ1n) is 10.4. The van der Waals surface area contributed by atoms with Gasteiger partial charge in [0, 0.05) is 43.8 Å². The number of rotatable bonds is 7. The Bertz CT molecular complexity index is 1110. The maximum Gasteiger partial charge on any atom is 0.234 e. The molecule has 4 rings (SSSR count). The highest BCUT2D eigenvalue weighted by Crippen LogP contribution is 2.24. The quantitative estimate of drug-likeness (QED) is 0.392. The zero-order chi connectivity index (χ0) is 23.2. The van der Waals surface area contributed by atoms with E-state index in [-0.39, 0.29) is 16.7 Å². The molecule has 1 fully saturated rings. The van der Waals surface area contributed by atoms with Crippen molar-refractivity contribution in [3.05, 3.63) is 65.6 Å². The summed E-state index contributed by atoms with van der Waals surface area (Å²) in [4.78, 5) is 25.7. The second-order valence-corrected chi connectivity index (χ2v) is 8.68. The van der Waals surface area contributed by atoms with Crippen molar-refractivity contribution in [3.63, 3.8) is 0 Å². The Morgan fingerprint density at radius 1 is 1.12 bits per heavy atom. The first-order chi connectivity index (χ1) is 16.0. The van der Waals surface area contributed by atoms with Crippen LogP contribution in [0.25, 0.3) is 0 Å². The number of hydrogen-bond acceptors (Lipinski definition) is 7. The Morgan fingerprint density at radius 3 is 2.55 bits per heavy atom. The van der Waals surface area contributed by atoms with Crippen molar-refractivity contribution in [2.24, 2.45) is 0 Å². The van der Waals surface area contributed by atoms with Crippen molar-refractivity contribution >= 4 is 46.5 Å². The van der Waals surface area contributed by atoms with Crippen molar-refractivity contribution in [1.82, 2.24) is 9.97 Å². The molecular formula is C23H23ClFN5O2S. The molecule has 1 aromatic heterocycles. The molecule has 0 atom stereocenters. The summed E-state index contributed by atoms with van der Waals surface area (Å²) in [5.41, 5.74) is 1.61. The number of methoxy groups -OCH3 is 1. The van der Waals surface area contributed by atoms with E-state index in [0.29, 0.717) is 10.8 Å². The molecule has 3 aromatic rings. The molecule has 0 bridgehead atoms. The minimum absolute atomic E-state index is 0.0384. The number of ether oxygens (including phenoxy) is 1. The number of anilines is 3. The number of thioether (sulfide) groups is 1. The molecule has 1 saturated heterocycles. The van der Waals surface area contributed by atoms with Gasteiger partial charge in [-0.3, -0.25) is 4.79 Å². The van der Waals surface area contributed by atoms with Crippen LogP contribution in [0.4, 0.5) is 21.6 Å². The van der Waals surface area contributed by atoms with Crippen LogP contribution in [-0.4, -0.2) is 54.9 Å². The molecule has 1 aliphatic rings. The summed E-state index contributed by atoms with van der Waals surface area (Å²) in [7, 11) is 1.66.